The van der Waals surface area contributed by atoms with Gasteiger partial charge in [0.15, 0.2) is 0 Å². The van der Waals surface area contributed by atoms with Crippen LogP contribution >= 0.6 is 0 Å². The van der Waals surface area contributed by atoms with Gasteiger partial charge in [-0.2, -0.15) is 0 Å². The zero-order chi connectivity index (χ0) is 12.4. The van der Waals surface area contributed by atoms with Crippen LogP contribution in [0.1, 0.15) is 46.5 Å². The topological polar surface area (TPSA) is 46.5 Å². The number of carboxylic acid groups (broad SMARTS) is 1. The van der Waals surface area contributed by atoms with E-state index in [0.29, 0.717) is 18.1 Å². The van der Waals surface area contributed by atoms with E-state index in [1.54, 1.807) is 13.0 Å². The summed E-state index contributed by atoms with van der Waals surface area (Å²) in [5, 5.41) is 8.63. The van der Waals surface area contributed by atoms with E-state index in [2.05, 4.69) is 13.8 Å². The molecule has 3 nitrogen and oxygen atoms in total. The van der Waals surface area contributed by atoms with Crippen molar-refractivity contribution in [3.05, 3.63) is 11.6 Å². The summed E-state index contributed by atoms with van der Waals surface area (Å²) in [5.74, 6) is -0.264. The van der Waals surface area contributed by atoms with Crippen molar-refractivity contribution >= 4 is 5.97 Å². The summed E-state index contributed by atoms with van der Waals surface area (Å²) < 4.78 is 5.46. The normalized spacial score (nSPS) is 13.8. The van der Waals surface area contributed by atoms with Crippen molar-refractivity contribution < 1.29 is 14.6 Å². The van der Waals surface area contributed by atoms with Gasteiger partial charge in [0.05, 0.1) is 6.61 Å². The molecule has 0 aromatic heterocycles. The molecule has 0 aliphatic carbocycles. The van der Waals surface area contributed by atoms with Crippen molar-refractivity contribution in [2.24, 2.45) is 5.92 Å². The molecule has 0 radical (unpaired) electrons. The Morgan fingerprint density at radius 2 is 2.12 bits per heavy atom. The molecule has 1 N–H and O–H groups in total. The Hall–Kier alpha value is -0.830. The lowest BCUT2D eigenvalue weighted by atomic mass is 10.0. The molecule has 0 spiro atoms. The fourth-order valence-electron chi connectivity index (χ4n) is 1.40. The summed E-state index contributed by atoms with van der Waals surface area (Å²) >= 11 is 0. The molecule has 0 saturated carbocycles. The van der Waals surface area contributed by atoms with Gasteiger partial charge >= 0.3 is 5.97 Å². The van der Waals surface area contributed by atoms with Crippen molar-refractivity contribution in [3.63, 3.8) is 0 Å². The molecule has 0 heterocycles. The summed E-state index contributed by atoms with van der Waals surface area (Å²) in [7, 11) is 0. The second kappa shape index (κ2) is 9.40. The number of rotatable bonds is 9. The minimum Gasteiger partial charge on any atom is -0.478 e. The lowest BCUT2D eigenvalue weighted by molar-refractivity contribution is -0.132. The molecule has 0 saturated heterocycles. The monoisotopic (exact) mass is 228 g/mol. The van der Waals surface area contributed by atoms with Crippen molar-refractivity contribution in [2.45, 2.75) is 46.5 Å². The standard InChI is InChI=1S/C13H24O3/c1-4-6-7-12(5-2)10-16-9-8-11(3)13(14)15/h8,12H,4-7,9-10H2,1-3H3,(H,14,15). The molecular weight excluding hydrogens is 204 g/mol. The van der Waals surface area contributed by atoms with Gasteiger partial charge in [-0.25, -0.2) is 4.79 Å². The first-order valence-corrected chi connectivity index (χ1v) is 6.09. The number of carbonyl (C=O) groups is 1. The molecule has 0 rings (SSSR count). The number of carboxylic acids is 1. The molecule has 0 fully saturated rings. The SMILES string of the molecule is CCCCC(CC)COCC=C(C)C(=O)O. The summed E-state index contributed by atoms with van der Waals surface area (Å²) in [6, 6.07) is 0. The Morgan fingerprint density at radius 3 is 2.62 bits per heavy atom. The zero-order valence-electron chi connectivity index (χ0n) is 10.7. The molecule has 3 heteroatoms. The Bertz CT molecular complexity index is 221. The molecule has 0 aromatic carbocycles. The predicted molar refractivity (Wildman–Crippen MR) is 65.5 cm³/mol. The van der Waals surface area contributed by atoms with Crippen LogP contribution in [0.25, 0.3) is 0 Å². The minimum absolute atomic E-state index is 0.349. The Morgan fingerprint density at radius 1 is 1.44 bits per heavy atom. The van der Waals surface area contributed by atoms with Crippen LogP contribution in [0.3, 0.4) is 0 Å². The minimum atomic E-state index is -0.873. The highest BCUT2D eigenvalue weighted by molar-refractivity contribution is 5.85. The van der Waals surface area contributed by atoms with E-state index >= 15 is 0 Å². The molecule has 0 aliphatic heterocycles. The molecule has 94 valence electrons. The highest BCUT2D eigenvalue weighted by Gasteiger charge is 2.05. The van der Waals surface area contributed by atoms with E-state index in [0.717, 1.165) is 13.0 Å². The molecule has 1 atom stereocenters. The van der Waals surface area contributed by atoms with Gasteiger partial charge in [-0.15, -0.1) is 0 Å². The van der Waals surface area contributed by atoms with Crippen LogP contribution in [0.2, 0.25) is 0 Å². The summed E-state index contributed by atoms with van der Waals surface area (Å²) in [4.78, 5) is 10.5. The highest BCUT2D eigenvalue weighted by Crippen LogP contribution is 2.12. The van der Waals surface area contributed by atoms with Gasteiger partial charge < -0.3 is 9.84 Å². The lowest BCUT2D eigenvalue weighted by Crippen LogP contribution is -2.09. The van der Waals surface area contributed by atoms with Gasteiger partial charge in [0, 0.05) is 12.2 Å². The maximum atomic E-state index is 10.5. The summed E-state index contributed by atoms with van der Waals surface area (Å²) in [6.45, 7) is 7.08. The van der Waals surface area contributed by atoms with Crippen molar-refractivity contribution in [2.75, 3.05) is 13.2 Å². The van der Waals surface area contributed by atoms with Crippen molar-refractivity contribution in [1.82, 2.24) is 0 Å². The molecule has 0 aliphatic rings. The fourth-order valence-corrected chi connectivity index (χ4v) is 1.40. The first-order valence-electron chi connectivity index (χ1n) is 6.09. The number of ether oxygens (including phenoxy) is 1. The number of hydrogen-bond acceptors (Lipinski definition) is 2. The molecular formula is C13H24O3. The van der Waals surface area contributed by atoms with Crippen molar-refractivity contribution in [3.8, 4) is 0 Å². The van der Waals surface area contributed by atoms with Gasteiger partial charge in [0.2, 0.25) is 0 Å². The van der Waals surface area contributed by atoms with Crippen LogP contribution in [0, 0.1) is 5.92 Å². The highest BCUT2D eigenvalue weighted by atomic mass is 16.5. The zero-order valence-corrected chi connectivity index (χ0v) is 10.7. The van der Waals surface area contributed by atoms with Crippen LogP contribution in [-0.4, -0.2) is 24.3 Å². The van der Waals surface area contributed by atoms with E-state index in [-0.39, 0.29) is 0 Å². The van der Waals surface area contributed by atoms with Gasteiger partial charge in [-0.3, -0.25) is 0 Å². The van der Waals surface area contributed by atoms with Gasteiger partial charge in [-0.1, -0.05) is 33.1 Å². The Balaban J connectivity index is 3.70. The first kappa shape index (κ1) is 15.2. The van der Waals surface area contributed by atoms with E-state index in [9.17, 15) is 4.79 Å². The maximum absolute atomic E-state index is 10.5. The van der Waals surface area contributed by atoms with Gasteiger partial charge in [0.25, 0.3) is 0 Å². The average Bonchev–Trinajstić information content (AvgIpc) is 2.27. The second-order valence-electron chi connectivity index (χ2n) is 4.15. The third-order valence-electron chi connectivity index (χ3n) is 2.74. The number of unbranched alkanes of at least 4 members (excludes halogenated alkanes) is 1. The molecule has 0 aromatic rings. The Labute approximate surface area is 98.5 Å². The van der Waals surface area contributed by atoms with Gasteiger partial charge in [0.1, 0.15) is 0 Å². The van der Waals surface area contributed by atoms with Crippen LogP contribution < -0.4 is 0 Å². The van der Waals surface area contributed by atoms with Gasteiger partial charge in [-0.05, 0) is 25.3 Å². The third-order valence-corrected chi connectivity index (χ3v) is 2.74. The lowest BCUT2D eigenvalue weighted by Gasteiger charge is -2.13. The largest absolute Gasteiger partial charge is 0.478 e. The fraction of sp³-hybridized carbons (Fsp3) is 0.769. The first-order chi connectivity index (χ1) is 7.61. The maximum Gasteiger partial charge on any atom is 0.331 e. The smallest absolute Gasteiger partial charge is 0.331 e. The van der Waals surface area contributed by atoms with Crippen LogP contribution in [0.15, 0.2) is 11.6 Å². The van der Waals surface area contributed by atoms with E-state index < -0.39 is 5.97 Å². The summed E-state index contributed by atoms with van der Waals surface area (Å²) in [5.41, 5.74) is 0.349. The average molecular weight is 228 g/mol. The Kier molecular flexibility index (Phi) is 8.91. The molecule has 16 heavy (non-hydrogen) atoms. The second-order valence-corrected chi connectivity index (χ2v) is 4.15. The molecule has 0 bridgehead atoms. The molecule has 1 unspecified atom stereocenters. The van der Waals surface area contributed by atoms with Crippen LogP contribution in [0.4, 0.5) is 0 Å². The number of hydrogen-bond donors (Lipinski definition) is 1. The number of aliphatic carboxylic acids is 1. The van der Waals surface area contributed by atoms with E-state index in [4.69, 9.17) is 9.84 Å². The van der Waals surface area contributed by atoms with E-state index in [1.807, 2.05) is 0 Å². The third kappa shape index (κ3) is 7.46. The summed E-state index contributed by atoms with van der Waals surface area (Å²) in [6.07, 6.45) is 6.41. The van der Waals surface area contributed by atoms with Crippen LogP contribution in [-0.2, 0) is 9.53 Å². The predicted octanol–water partition coefficient (Wildman–Crippen LogP) is 3.25. The quantitative estimate of drug-likeness (QED) is 0.486. The van der Waals surface area contributed by atoms with E-state index in [1.165, 1.54) is 19.3 Å². The molecule has 0 amide bonds. The van der Waals surface area contributed by atoms with Crippen molar-refractivity contribution in [1.29, 1.82) is 0 Å². The van der Waals surface area contributed by atoms with Crippen LogP contribution in [0.5, 0.6) is 0 Å².